The number of benzene rings is 1. The summed E-state index contributed by atoms with van der Waals surface area (Å²) in [5, 5.41) is 14.4. The van der Waals surface area contributed by atoms with Crippen LogP contribution in [0.1, 0.15) is 0 Å². The summed E-state index contributed by atoms with van der Waals surface area (Å²) in [4.78, 5) is 10.5. The SMILES string of the molecule is NC(=O)COCCNc1nnnn1-c1ccccc1. The van der Waals surface area contributed by atoms with Crippen LogP contribution in [0.4, 0.5) is 5.95 Å². The van der Waals surface area contributed by atoms with E-state index in [1.54, 1.807) is 4.68 Å². The lowest BCUT2D eigenvalue weighted by molar-refractivity contribution is -0.122. The lowest BCUT2D eigenvalue weighted by Crippen LogP contribution is -2.21. The van der Waals surface area contributed by atoms with Crippen LogP contribution >= 0.6 is 0 Å². The van der Waals surface area contributed by atoms with E-state index in [2.05, 4.69) is 20.8 Å². The van der Waals surface area contributed by atoms with Crippen LogP contribution in [0.2, 0.25) is 0 Å². The van der Waals surface area contributed by atoms with Crippen LogP contribution in [0.3, 0.4) is 0 Å². The molecule has 1 heterocycles. The number of para-hydroxylation sites is 1. The fourth-order valence-corrected chi connectivity index (χ4v) is 1.45. The molecule has 0 bridgehead atoms. The van der Waals surface area contributed by atoms with E-state index >= 15 is 0 Å². The van der Waals surface area contributed by atoms with Crippen molar-refractivity contribution in [3.63, 3.8) is 0 Å². The van der Waals surface area contributed by atoms with Crippen molar-refractivity contribution in [2.75, 3.05) is 25.1 Å². The molecule has 0 aliphatic rings. The molecule has 8 nitrogen and oxygen atoms in total. The fourth-order valence-electron chi connectivity index (χ4n) is 1.45. The molecule has 1 aromatic carbocycles. The number of carbonyl (C=O) groups is 1. The Morgan fingerprint density at radius 1 is 1.37 bits per heavy atom. The van der Waals surface area contributed by atoms with Crippen molar-refractivity contribution in [1.29, 1.82) is 0 Å². The van der Waals surface area contributed by atoms with E-state index in [0.717, 1.165) is 5.69 Å². The number of carbonyl (C=O) groups excluding carboxylic acids is 1. The van der Waals surface area contributed by atoms with Gasteiger partial charge < -0.3 is 15.8 Å². The van der Waals surface area contributed by atoms with Crippen LogP contribution in [-0.4, -0.2) is 45.9 Å². The minimum Gasteiger partial charge on any atom is -0.370 e. The molecule has 2 rings (SSSR count). The Bertz CT molecular complexity index is 527. The summed E-state index contributed by atoms with van der Waals surface area (Å²) in [5.41, 5.74) is 5.80. The van der Waals surface area contributed by atoms with Gasteiger partial charge in [0.2, 0.25) is 11.9 Å². The number of hydrogen-bond donors (Lipinski definition) is 2. The Hall–Kier alpha value is -2.48. The molecule has 0 saturated carbocycles. The van der Waals surface area contributed by atoms with E-state index in [1.165, 1.54) is 0 Å². The number of ether oxygens (including phenoxy) is 1. The van der Waals surface area contributed by atoms with Crippen molar-refractivity contribution in [1.82, 2.24) is 20.2 Å². The first-order chi connectivity index (χ1) is 9.27. The highest BCUT2D eigenvalue weighted by atomic mass is 16.5. The molecular weight excluding hydrogens is 248 g/mol. The van der Waals surface area contributed by atoms with Crippen molar-refractivity contribution < 1.29 is 9.53 Å². The maximum Gasteiger partial charge on any atom is 0.247 e. The van der Waals surface area contributed by atoms with Gasteiger partial charge in [-0.2, -0.15) is 4.68 Å². The molecular formula is C11H14N6O2. The summed E-state index contributed by atoms with van der Waals surface area (Å²) >= 11 is 0. The first-order valence-electron chi connectivity index (χ1n) is 5.71. The zero-order chi connectivity index (χ0) is 13.5. The van der Waals surface area contributed by atoms with Gasteiger partial charge in [0, 0.05) is 6.54 Å². The van der Waals surface area contributed by atoms with E-state index in [0.29, 0.717) is 19.1 Å². The number of hydrogen-bond acceptors (Lipinski definition) is 6. The van der Waals surface area contributed by atoms with Crippen LogP contribution in [0, 0.1) is 0 Å². The average molecular weight is 262 g/mol. The Morgan fingerprint density at radius 3 is 2.89 bits per heavy atom. The zero-order valence-corrected chi connectivity index (χ0v) is 10.2. The van der Waals surface area contributed by atoms with Gasteiger partial charge in [0.25, 0.3) is 0 Å². The van der Waals surface area contributed by atoms with Gasteiger partial charge in [-0.1, -0.05) is 23.3 Å². The van der Waals surface area contributed by atoms with Gasteiger partial charge in [-0.05, 0) is 22.6 Å². The number of aromatic nitrogens is 4. The second-order valence-corrected chi connectivity index (χ2v) is 3.70. The molecule has 1 amide bonds. The van der Waals surface area contributed by atoms with E-state index in [-0.39, 0.29) is 6.61 Å². The number of rotatable bonds is 7. The Morgan fingerprint density at radius 2 is 2.16 bits per heavy atom. The maximum absolute atomic E-state index is 10.5. The number of anilines is 1. The van der Waals surface area contributed by atoms with Gasteiger partial charge in [0.1, 0.15) is 6.61 Å². The quantitative estimate of drug-likeness (QED) is 0.656. The highest BCUT2D eigenvalue weighted by molar-refractivity contribution is 5.74. The second-order valence-electron chi connectivity index (χ2n) is 3.70. The summed E-state index contributed by atoms with van der Waals surface area (Å²) < 4.78 is 6.60. The van der Waals surface area contributed by atoms with E-state index in [1.807, 2.05) is 30.3 Å². The normalized spacial score (nSPS) is 10.3. The minimum absolute atomic E-state index is 0.0920. The molecule has 0 spiro atoms. The van der Waals surface area contributed by atoms with Crippen molar-refractivity contribution >= 4 is 11.9 Å². The number of tetrazole rings is 1. The highest BCUT2D eigenvalue weighted by Gasteiger charge is 2.06. The Labute approximate surface area is 109 Å². The molecule has 3 N–H and O–H groups in total. The number of amides is 1. The van der Waals surface area contributed by atoms with Gasteiger partial charge in [0.15, 0.2) is 0 Å². The largest absolute Gasteiger partial charge is 0.370 e. The monoisotopic (exact) mass is 262 g/mol. The predicted molar refractivity (Wildman–Crippen MR) is 67.7 cm³/mol. The van der Waals surface area contributed by atoms with Gasteiger partial charge >= 0.3 is 0 Å². The molecule has 100 valence electrons. The van der Waals surface area contributed by atoms with Gasteiger partial charge in [-0.25, -0.2) is 0 Å². The molecule has 0 radical (unpaired) electrons. The summed E-state index contributed by atoms with van der Waals surface area (Å²) in [6.07, 6.45) is 0. The third-order valence-electron chi connectivity index (χ3n) is 2.24. The van der Waals surface area contributed by atoms with Crippen molar-refractivity contribution in [3.05, 3.63) is 30.3 Å². The summed E-state index contributed by atoms with van der Waals surface area (Å²) in [7, 11) is 0. The van der Waals surface area contributed by atoms with E-state index < -0.39 is 5.91 Å². The lowest BCUT2D eigenvalue weighted by Gasteiger charge is -2.06. The van der Waals surface area contributed by atoms with Gasteiger partial charge in [-0.15, -0.1) is 0 Å². The van der Waals surface area contributed by atoms with Gasteiger partial charge in [-0.3, -0.25) is 4.79 Å². The summed E-state index contributed by atoms with van der Waals surface area (Å²) in [6, 6.07) is 9.50. The van der Waals surface area contributed by atoms with E-state index in [9.17, 15) is 4.79 Å². The molecule has 1 aromatic heterocycles. The van der Waals surface area contributed by atoms with Gasteiger partial charge in [0.05, 0.1) is 12.3 Å². The standard InChI is InChI=1S/C11H14N6O2/c12-10(18)8-19-7-6-13-11-14-15-16-17(11)9-4-2-1-3-5-9/h1-5H,6-8H2,(H2,12,18)(H,13,14,16). The summed E-state index contributed by atoms with van der Waals surface area (Å²) in [5.74, 6) is 0.0167. The van der Waals surface area contributed by atoms with E-state index in [4.69, 9.17) is 10.5 Å². The maximum atomic E-state index is 10.5. The molecule has 8 heteroatoms. The third-order valence-corrected chi connectivity index (χ3v) is 2.24. The first kappa shape index (κ1) is 13.0. The Balaban J connectivity index is 1.88. The van der Waals surface area contributed by atoms with Crippen molar-refractivity contribution in [2.24, 2.45) is 5.73 Å². The molecule has 19 heavy (non-hydrogen) atoms. The number of primary amides is 1. The minimum atomic E-state index is -0.492. The second kappa shape index (κ2) is 6.45. The third kappa shape index (κ3) is 3.75. The fraction of sp³-hybridized carbons (Fsp3) is 0.273. The predicted octanol–water partition coefficient (Wildman–Crippen LogP) is -0.424. The number of nitrogens with two attached hydrogens (primary N) is 1. The molecule has 0 atom stereocenters. The van der Waals surface area contributed by atoms with Crippen molar-refractivity contribution in [2.45, 2.75) is 0 Å². The number of nitrogens with zero attached hydrogens (tertiary/aromatic N) is 4. The van der Waals surface area contributed by atoms with Crippen LogP contribution in [0.5, 0.6) is 0 Å². The van der Waals surface area contributed by atoms with Crippen LogP contribution in [0.15, 0.2) is 30.3 Å². The van der Waals surface area contributed by atoms with Crippen molar-refractivity contribution in [3.8, 4) is 5.69 Å². The zero-order valence-electron chi connectivity index (χ0n) is 10.2. The lowest BCUT2D eigenvalue weighted by atomic mass is 10.3. The smallest absolute Gasteiger partial charge is 0.247 e. The van der Waals surface area contributed by atoms with Crippen LogP contribution in [-0.2, 0) is 9.53 Å². The molecule has 0 unspecified atom stereocenters. The first-order valence-corrected chi connectivity index (χ1v) is 5.71. The highest BCUT2D eigenvalue weighted by Crippen LogP contribution is 2.09. The molecule has 0 fully saturated rings. The summed E-state index contributed by atoms with van der Waals surface area (Å²) in [6.45, 7) is 0.719. The van der Waals surface area contributed by atoms with Crippen LogP contribution in [0.25, 0.3) is 5.69 Å². The molecule has 2 aromatic rings. The molecule has 0 aliphatic carbocycles. The average Bonchev–Trinajstić information content (AvgIpc) is 2.87. The van der Waals surface area contributed by atoms with Crippen LogP contribution < -0.4 is 11.1 Å². The topological polar surface area (TPSA) is 108 Å². The Kier molecular flexibility index (Phi) is 4.40. The molecule has 0 aliphatic heterocycles. The number of nitrogens with one attached hydrogen (secondary N) is 1. The molecule has 0 saturated heterocycles.